The predicted molar refractivity (Wildman–Crippen MR) is 70.4 cm³/mol. The van der Waals surface area contributed by atoms with Crippen molar-refractivity contribution >= 4 is 39.2 Å². The van der Waals surface area contributed by atoms with Crippen molar-refractivity contribution in [1.29, 1.82) is 0 Å². The van der Waals surface area contributed by atoms with Gasteiger partial charge in [-0.15, -0.1) is 0 Å². The molecule has 2 aromatic rings. The molecule has 0 saturated carbocycles. The van der Waals surface area contributed by atoms with Crippen molar-refractivity contribution in [2.75, 3.05) is 0 Å². The van der Waals surface area contributed by atoms with Crippen LogP contribution in [-0.4, -0.2) is 17.0 Å². The van der Waals surface area contributed by atoms with Crippen LogP contribution in [0.25, 0.3) is 0 Å². The molecule has 1 N–H and O–H groups in total. The molecule has 4 nitrogen and oxygen atoms in total. The lowest BCUT2D eigenvalue weighted by molar-refractivity contribution is 0.0692. The second-order valence-corrected chi connectivity index (χ2v) is 5.76. The number of carboxylic acids is 1. The first-order chi connectivity index (χ1) is 8.56. The molecule has 0 fully saturated rings. The third-order valence-electron chi connectivity index (χ3n) is 2.11. The van der Waals surface area contributed by atoms with Gasteiger partial charge in [-0.3, -0.25) is 0 Å². The molecule has 1 heterocycles. The number of esters is 1. The molecule has 0 radical (unpaired) electrons. The molecule has 0 aliphatic carbocycles. The van der Waals surface area contributed by atoms with Gasteiger partial charge in [0.25, 0.3) is 0 Å². The minimum Gasteiger partial charge on any atom is -0.478 e. The first-order valence-electron chi connectivity index (χ1n) is 4.87. The Hall–Kier alpha value is -1.66. The largest absolute Gasteiger partial charge is 0.478 e. The Kier molecular flexibility index (Phi) is 3.78. The summed E-state index contributed by atoms with van der Waals surface area (Å²) in [5.41, 5.74) is 0.440. The van der Waals surface area contributed by atoms with E-state index in [9.17, 15) is 9.59 Å². The number of hydrogen-bond acceptors (Lipinski definition) is 4. The van der Waals surface area contributed by atoms with Gasteiger partial charge in [-0.2, -0.15) is 0 Å². The van der Waals surface area contributed by atoms with Crippen molar-refractivity contribution in [2.45, 2.75) is 0 Å². The molecular weight excluding hydrogens is 320 g/mol. The van der Waals surface area contributed by atoms with Crippen molar-refractivity contribution in [3.63, 3.8) is 0 Å². The van der Waals surface area contributed by atoms with Crippen molar-refractivity contribution in [1.82, 2.24) is 0 Å². The molecule has 0 amide bonds. The SMILES string of the molecule is O=C(O)c1ccc(C(=O)Oc2ccc(Br)s2)cc1. The highest BCUT2D eigenvalue weighted by Crippen LogP contribution is 2.29. The molecular formula is C12H7BrO4S. The summed E-state index contributed by atoms with van der Waals surface area (Å²) in [6.45, 7) is 0. The van der Waals surface area contributed by atoms with E-state index in [2.05, 4.69) is 15.9 Å². The third kappa shape index (κ3) is 2.96. The van der Waals surface area contributed by atoms with Gasteiger partial charge in [0.15, 0.2) is 5.06 Å². The van der Waals surface area contributed by atoms with Gasteiger partial charge < -0.3 is 9.84 Å². The van der Waals surface area contributed by atoms with Gasteiger partial charge in [-0.25, -0.2) is 9.59 Å². The number of rotatable bonds is 3. The summed E-state index contributed by atoms with van der Waals surface area (Å²) in [6.07, 6.45) is 0. The van der Waals surface area contributed by atoms with E-state index in [4.69, 9.17) is 9.84 Å². The zero-order valence-electron chi connectivity index (χ0n) is 8.92. The van der Waals surface area contributed by atoms with Gasteiger partial charge in [-0.1, -0.05) is 11.3 Å². The first kappa shape index (κ1) is 12.8. The van der Waals surface area contributed by atoms with Gasteiger partial charge in [0, 0.05) is 0 Å². The number of aromatic carboxylic acids is 1. The second-order valence-electron chi connectivity index (χ2n) is 3.33. The number of thiophene rings is 1. The number of hydrogen-bond donors (Lipinski definition) is 1. The summed E-state index contributed by atoms with van der Waals surface area (Å²) in [5, 5.41) is 9.21. The highest BCUT2D eigenvalue weighted by atomic mass is 79.9. The van der Waals surface area contributed by atoms with Crippen molar-refractivity contribution in [2.24, 2.45) is 0 Å². The summed E-state index contributed by atoms with van der Waals surface area (Å²) >= 11 is 4.56. The summed E-state index contributed by atoms with van der Waals surface area (Å²) in [5.74, 6) is -1.54. The van der Waals surface area contributed by atoms with E-state index in [1.54, 1.807) is 12.1 Å². The minimum absolute atomic E-state index is 0.130. The van der Waals surface area contributed by atoms with E-state index in [-0.39, 0.29) is 5.56 Å². The van der Waals surface area contributed by atoms with E-state index in [0.29, 0.717) is 10.6 Å². The van der Waals surface area contributed by atoms with Crippen molar-refractivity contribution < 1.29 is 19.4 Å². The maximum atomic E-state index is 11.7. The summed E-state index contributed by atoms with van der Waals surface area (Å²) in [7, 11) is 0. The van der Waals surface area contributed by atoms with Gasteiger partial charge in [0.2, 0.25) is 0 Å². The summed E-state index contributed by atoms with van der Waals surface area (Å²) in [6, 6.07) is 9.04. The van der Waals surface area contributed by atoms with Crippen LogP contribution < -0.4 is 4.74 Å². The molecule has 0 atom stereocenters. The quantitative estimate of drug-likeness (QED) is 0.878. The van der Waals surface area contributed by atoms with Crippen molar-refractivity contribution in [3.05, 3.63) is 51.3 Å². The highest BCUT2D eigenvalue weighted by Gasteiger charge is 2.11. The Balaban J connectivity index is 2.11. The molecule has 92 valence electrons. The fourth-order valence-electron chi connectivity index (χ4n) is 1.25. The van der Waals surface area contributed by atoms with Crippen LogP contribution in [0.1, 0.15) is 20.7 Å². The molecule has 2 rings (SSSR count). The van der Waals surface area contributed by atoms with Crippen LogP contribution >= 0.6 is 27.3 Å². The molecule has 18 heavy (non-hydrogen) atoms. The van der Waals surface area contributed by atoms with E-state index >= 15 is 0 Å². The summed E-state index contributed by atoms with van der Waals surface area (Å²) < 4.78 is 5.99. The number of halogens is 1. The molecule has 0 unspecified atom stereocenters. The van der Waals surface area contributed by atoms with Crippen LogP contribution in [0.5, 0.6) is 5.06 Å². The minimum atomic E-state index is -1.03. The van der Waals surface area contributed by atoms with E-state index < -0.39 is 11.9 Å². The van der Waals surface area contributed by atoms with Gasteiger partial charge in [-0.05, 0) is 52.3 Å². The Labute approximate surface area is 115 Å². The molecule has 0 aliphatic heterocycles. The normalized spacial score (nSPS) is 10.1. The maximum absolute atomic E-state index is 11.7. The zero-order valence-corrected chi connectivity index (χ0v) is 11.3. The van der Waals surface area contributed by atoms with Gasteiger partial charge in [0.05, 0.1) is 14.9 Å². The van der Waals surface area contributed by atoms with Gasteiger partial charge in [0.1, 0.15) is 0 Å². The molecule has 0 aliphatic rings. The van der Waals surface area contributed by atoms with Crippen molar-refractivity contribution in [3.8, 4) is 5.06 Å². The zero-order chi connectivity index (χ0) is 13.1. The van der Waals surface area contributed by atoms with Gasteiger partial charge >= 0.3 is 11.9 Å². The molecule has 1 aromatic heterocycles. The lowest BCUT2D eigenvalue weighted by atomic mass is 10.1. The number of carboxylic acid groups (broad SMARTS) is 1. The van der Waals surface area contributed by atoms with Crippen LogP contribution in [0.4, 0.5) is 0 Å². The lowest BCUT2D eigenvalue weighted by Crippen LogP contribution is -2.08. The number of benzene rings is 1. The molecule has 0 spiro atoms. The molecule has 0 bridgehead atoms. The van der Waals surface area contributed by atoms with Crippen LogP contribution in [0, 0.1) is 0 Å². The number of carbonyl (C=O) groups is 2. The Morgan fingerprint density at radius 2 is 1.67 bits per heavy atom. The molecule has 0 saturated heterocycles. The van der Waals surface area contributed by atoms with Crippen LogP contribution in [-0.2, 0) is 0 Å². The monoisotopic (exact) mass is 326 g/mol. The Morgan fingerprint density at radius 3 is 2.17 bits per heavy atom. The van der Waals surface area contributed by atoms with Crippen LogP contribution in [0.2, 0.25) is 0 Å². The molecule has 1 aromatic carbocycles. The smallest absolute Gasteiger partial charge is 0.344 e. The number of ether oxygens (including phenoxy) is 1. The Morgan fingerprint density at radius 1 is 1.06 bits per heavy atom. The number of carbonyl (C=O) groups excluding carboxylic acids is 1. The van der Waals surface area contributed by atoms with E-state index in [1.165, 1.54) is 35.6 Å². The lowest BCUT2D eigenvalue weighted by Gasteiger charge is -2.01. The second kappa shape index (κ2) is 5.32. The first-order valence-corrected chi connectivity index (χ1v) is 6.48. The average molecular weight is 327 g/mol. The van der Waals surface area contributed by atoms with E-state index in [1.807, 2.05) is 0 Å². The average Bonchev–Trinajstić information content (AvgIpc) is 2.75. The van der Waals surface area contributed by atoms with Crippen LogP contribution in [0.3, 0.4) is 0 Å². The Bertz CT molecular complexity index is 588. The van der Waals surface area contributed by atoms with Crippen LogP contribution in [0.15, 0.2) is 40.2 Å². The van der Waals surface area contributed by atoms with E-state index in [0.717, 1.165) is 3.79 Å². The fourth-order valence-corrected chi connectivity index (χ4v) is 2.44. The third-order valence-corrected chi connectivity index (χ3v) is 3.61. The molecule has 6 heteroatoms. The standard InChI is InChI=1S/C12H7BrO4S/c13-9-5-6-10(18-9)17-12(16)8-3-1-7(2-4-8)11(14)15/h1-6H,(H,14,15). The summed E-state index contributed by atoms with van der Waals surface area (Å²) in [4.78, 5) is 22.4. The highest BCUT2D eigenvalue weighted by molar-refractivity contribution is 9.11. The maximum Gasteiger partial charge on any atom is 0.344 e. The topological polar surface area (TPSA) is 63.6 Å². The fraction of sp³-hybridized carbons (Fsp3) is 0. The predicted octanol–water partition coefficient (Wildman–Crippen LogP) is 3.43.